The summed E-state index contributed by atoms with van der Waals surface area (Å²) in [6, 6.07) is 18.6. The molecule has 0 bridgehead atoms. The van der Waals surface area contributed by atoms with E-state index in [-0.39, 0.29) is 11.6 Å². The summed E-state index contributed by atoms with van der Waals surface area (Å²) in [6.07, 6.45) is 0. The van der Waals surface area contributed by atoms with Crippen molar-refractivity contribution in [3.8, 4) is 17.1 Å². The van der Waals surface area contributed by atoms with Crippen molar-refractivity contribution < 1.29 is 4.79 Å². The maximum Gasteiger partial charge on any atom is 0.278 e. The van der Waals surface area contributed by atoms with E-state index in [9.17, 15) is 4.79 Å². The third-order valence-electron chi connectivity index (χ3n) is 3.96. The Morgan fingerprint density at radius 1 is 1.11 bits per heavy atom. The number of carbonyl (C=O) groups excluding carboxylic acids is 1. The molecule has 0 fully saturated rings. The van der Waals surface area contributed by atoms with E-state index in [2.05, 4.69) is 25.6 Å². The van der Waals surface area contributed by atoms with Gasteiger partial charge in [-0.15, -0.1) is 5.10 Å². The summed E-state index contributed by atoms with van der Waals surface area (Å²) >= 11 is 6.16. The molecular formula is C19H15ClN6O. The molecule has 0 saturated heterocycles. The zero-order valence-electron chi connectivity index (χ0n) is 14.3. The van der Waals surface area contributed by atoms with Crippen LogP contribution in [0.1, 0.15) is 16.2 Å². The maximum atomic E-state index is 12.5. The number of amides is 1. The monoisotopic (exact) mass is 378 g/mol. The Morgan fingerprint density at radius 3 is 2.63 bits per heavy atom. The van der Waals surface area contributed by atoms with Crippen LogP contribution in [0.5, 0.6) is 0 Å². The third-order valence-corrected chi connectivity index (χ3v) is 4.29. The number of carbonyl (C=O) groups is 1. The van der Waals surface area contributed by atoms with Gasteiger partial charge in [-0.3, -0.25) is 15.2 Å². The lowest BCUT2D eigenvalue weighted by molar-refractivity contribution is 0.102. The standard InChI is InChI=1S/C19H15ClN6O/c1-12-11-16(25-26(12)13-7-3-2-4-8-13)18(27)22-19-21-17(23-24-19)14-9-5-6-10-15(14)20/h2-11H,1H3,(H2,21,22,23,24,27). The Hall–Kier alpha value is -3.45. The Bertz CT molecular complexity index is 1100. The molecule has 4 rings (SSSR count). The fraction of sp³-hybridized carbons (Fsp3) is 0.0526. The predicted octanol–water partition coefficient (Wildman–Crippen LogP) is 3.87. The van der Waals surface area contributed by atoms with Crippen molar-refractivity contribution in [1.82, 2.24) is 25.0 Å². The lowest BCUT2D eigenvalue weighted by Crippen LogP contribution is -2.14. The molecule has 0 spiro atoms. The number of hydrogen-bond acceptors (Lipinski definition) is 4. The Kier molecular flexibility index (Phi) is 4.43. The molecule has 0 aliphatic carbocycles. The van der Waals surface area contributed by atoms with Gasteiger partial charge in [0.1, 0.15) is 0 Å². The summed E-state index contributed by atoms with van der Waals surface area (Å²) < 4.78 is 1.71. The van der Waals surface area contributed by atoms with Crippen molar-refractivity contribution in [2.75, 3.05) is 5.32 Å². The second-order valence-electron chi connectivity index (χ2n) is 5.86. The number of hydrogen-bond donors (Lipinski definition) is 2. The molecule has 2 N–H and O–H groups in total. The topological polar surface area (TPSA) is 88.5 Å². The van der Waals surface area contributed by atoms with Crippen LogP contribution in [0.3, 0.4) is 0 Å². The average molecular weight is 379 g/mol. The molecule has 1 amide bonds. The number of halogens is 1. The highest BCUT2D eigenvalue weighted by Gasteiger charge is 2.16. The van der Waals surface area contributed by atoms with Gasteiger partial charge >= 0.3 is 0 Å². The molecule has 8 heteroatoms. The zero-order valence-corrected chi connectivity index (χ0v) is 15.1. The Morgan fingerprint density at radius 2 is 1.85 bits per heavy atom. The number of H-pyrrole nitrogens is 1. The van der Waals surface area contributed by atoms with Crippen LogP contribution in [0, 0.1) is 6.92 Å². The van der Waals surface area contributed by atoms with Crippen LogP contribution in [0.25, 0.3) is 17.1 Å². The number of nitrogens with one attached hydrogen (secondary N) is 2. The predicted molar refractivity (Wildman–Crippen MR) is 103 cm³/mol. The quantitative estimate of drug-likeness (QED) is 0.564. The van der Waals surface area contributed by atoms with Crippen molar-refractivity contribution in [3.63, 3.8) is 0 Å². The van der Waals surface area contributed by atoms with Gasteiger partial charge in [-0.05, 0) is 37.3 Å². The molecule has 27 heavy (non-hydrogen) atoms. The minimum absolute atomic E-state index is 0.154. The third kappa shape index (κ3) is 3.45. The lowest BCUT2D eigenvalue weighted by Gasteiger charge is -2.02. The molecule has 0 unspecified atom stereocenters. The number of aromatic amines is 1. The number of rotatable bonds is 4. The highest BCUT2D eigenvalue weighted by atomic mass is 35.5. The second kappa shape index (κ2) is 7.05. The highest BCUT2D eigenvalue weighted by Crippen LogP contribution is 2.25. The van der Waals surface area contributed by atoms with Gasteiger partial charge in [-0.1, -0.05) is 41.9 Å². The SMILES string of the molecule is Cc1cc(C(=O)Nc2n[nH]c(-c3ccccc3Cl)n2)nn1-c1ccccc1. The van der Waals surface area contributed by atoms with Crippen LogP contribution in [0.15, 0.2) is 60.7 Å². The van der Waals surface area contributed by atoms with Crippen molar-refractivity contribution in [2.24, 2.45) is 0 Å². The van der Waals surface area contributed by atoms with E-state index in [1.807, 2.05) is 55.5 Å². The lowest BCUT2D eigenvalue weighted by atomic mass is 10.2. The van der Waals surface area contributed by atoms with Crippen LogP contribution >= 0.6 is 11.6 Å². The first-order valence-corrected chi connectivity index (χ1v) is 8.60. The molecule has 2 aromatic carbocycles. The minimum atomic E-state index is -0.391. The first-order valence-electron chi connectivity index (χ1n) is 8.22. The van der Waals surface area contributed by atoms with E-state index < -0.39 is 5.91 Å². The molecule has 4 aromatic rings. The highest BCUT2D eigenvalue weighted by molar-refractivity contribution is 6.33. The van der Waals surface area contributed by atoms with Crippen LogP contribution < -0.4 is 5.32 Å². The number of aryl methyl sites for hydroxylation is 1. The number of benzene rings is 2. The van der Waals surface area contributed by atoms with E-state index in [4.69, 9.17) is 11.6 Å². The van der Waals surface area contributed by atoms with Gasteiger partial charge in [0.05, 0.1) is 10.7 Å². The number of para-hydroxylation sites is 1. The summed E-state index contributed by atoms with van der Waals surface area (Å²) in [5, 5.41) is 14.4. The van der Waals surface area contributed by atoms with Crippen molar-refractivity contribution in [3.05, 3.63) is 77.1 Å². The molecule has 0 atom stereocenters. The Balaban J connectivity index is 1.55. The van der Waals surface area contributed by atoms with Crippen molar-refractivity contribution >= 4 is 23.5 Å². The minimum Gasteiger partial charge on any atom is -0.288 e. The molecule has 2 aromatic heterocycles. The van der Waals surface area contributed by atoms with Crippen molar-refractivity contribution in [2.45, 2.75) is 6.92 Å². The van der Waals surface area contributed by atoms with Crippen molar-refractivity contribution in [1.29, 1.82) is 0 Å². The number of aromatic nitrogens is 5. The number of anilines is 1. The van der Waals surface area contributed by atoms with Gasteiger partial charge in [-0.2, -0.15) is 10.1 Å². The van der Waals surface area contributed by atoms with E-state index >= 15 is 0 Å². The van der Waals surface area contributed by atoms with Gasteiger partial charge in [0, 0.05) is 11.3 Å². The second-order valence-corrected chi connectivity index (χ2v) is 6.27. The summed E-state index contributed by atoms with van der Waals surface area (Å²) in [4.78, 5) is 16.8. The zero-order chi connectivity index (χ0) is 18.8. The molecule has 7 nitrogen and oxygen atoms in total. The summed E-state index contributed by atoms with van der Waals surface area (Å²) in [6.45, 7) is 1.89. The summed E-state index contributed by atoms with van der Waals surface area (Å²) in [5.41, 5.74) is 2.71. The summed E-state index contributed by atoms with van der Waals surface area (Å²) in [5.74, 6) is 0.237. The van der Waals surface area contributed by atoms with Gasteiger partial charge in [-0.25, -0.2) is 4.68 Å². The maximum absolute atomic E-state index is 12.5. The average Bonchev–Trinajstić information content (AvgIpc) is 3.29. The number of nitrogens with zero attached hydrogens (tertiary/aromatic N) is 4. The normalized spacial score (nSPS) is 10.7. The van der Waals surface area contributed by atoms with Crippen LogP contribution in [0.2, 0.25) is 5.02 Å². The van der Waals surface area contributed by atoms with Crippen LogP contribution in [-0.2, 0) is 0 Å². The first kappa shape index (κ1) is 17.0. The van der Waals surface area contributed by atoms with Crippen LogP contribution in [0.4, 0.5) is 5.95 Å². The molecule has 0 aliphatic rings. The fourth-order valence-electron chi connectivity index (χ4n) is 2.67. The van der Waals surface area contributed by atoms with Gasteiger partial charge < -0.3 is 0 Å². The molecule has 0 aliphatic heterocycles. The van der Waals surface area contributed by atoms with Crippen LogP contribution in [-0.4, -0.2) is 30.9 Å². The molecule has 2 heterocycles. The van der Waals surface area contributed by atoms with E-state index in [1.165, 1.54) is 0 Å². The first-order chi connectivity index (χ1) is 13.1. The summed E-state index contributed by atoms with van der Waals surface area (Å²) in [7, 11) is 0. The van der Waals surface area contributed by atoms with Gasteiger partial charge in [0.15, 0.2) is 11.5 Å². The van der Waals surface area contributed by atoms with E-state index in [0.717, 1.165) is 11.4 Å². The fourth-order valence-corrected chi connectivity index (χ4v) is 2.90. The molecule has 0 saturated carbocycles. The van der Waals surface area contributed by atoms with Gasteiger partial charge in [0.25, 0.3) is 5.91 Å². The largest absolute Gasteiger partial charge is 0.288 e. The van der Waals surface area contributed by atoms with E-state index in [1.54, 1.807) is 16.8 Å². The molecule has 0 radical (unpaired) electrons. The van der Waals surface area contributed by atoms with Gasteiger partial charge in [0.2, 0.25) is 5.95 Å². The smallest absolute Gasteiger partial charge is 0.278 e. The molecular weight excluding hydrogens is 364 g/mol. The molecule has 134 valence electrons. The van der Waals surface area contributed by atoms with E-state index in [0.29, 0.717) is 16.4 Å². The Labute approximate surface area is 160 Å².